The number of benzene rings is 1. The van der Waals surface area contributed by atoms with Crippen LogP contribution >= 0.6 is 23.1 Å². The fourth-order valence-electron chi connectivity index (χ4n) is 4.81. The number of carbonyl (C=O) groups excluding carboxylic acids is 1. The van der Waals surface area contributed by atoms with E-state index in [9.17, 15) is 9.59 Å². The van der Waals surface area contributed by atoms with Crippen molar-refractivity contribution in [1.82, 2.24) is 9.55 Å². The predicted octanol–water partition coefficient (Wildman–Crippen LogP) is 5.19. The molecule has 1 saturated heterocycles. The molecular formula is C26H31N3O3S2. The maximum absolute atomic E-state index is 13.8. The number of hydrogen-bond acceptors (Lipinski definition) is 6. The molecular weight excluding hydrogens is 466 g/mol. The summed E-state index contributed by atoms with van der Waals surface area (Å²) in [5.41, 5.74) is 3.03. The summed E-state index contributed by atoms with van der Waals surface area (Å²) in [4.78, 5) is 33.9. The van der Waals surface area contributed by atoms with Gasteiger partial charge in [-0.25, -0.2) is 4.98 Å². The van der Waals surface area contributed by atoms with Crippen molar-refractivity contribution in [2.45, 2.75) is 75.9 Å². The molecule has 3 aromatic rings. The number of carbonyl (C=O) groups is 1. The van der Waals surface area contributed by atoms with Gasteiger partial charge in [-0.05, 0) is 69.1 Å². The number of thioether (sulfide) groups is 1. The number of amides is 1. The van der Waals surface area contributed by atoms with Crippen LogP contribution < -0.4 is 10.9 Å². The third kappa shape index (κ3) is 4.68. The molecule has 0 saturated carbocycles. The molecule has 0 bridgehead atoms. The minimum atomic E-state index is -0.408. The molecule has 1 amide bonds. The zero-order valence-electron chi connectivity index (χ0n) is 19.9. The van der Waals surface area contributed by atoms with Gasteiger partial charge in [-0.1, -0.05) is 36.9 Å². The smallest absolute Gasteiger partial charge is 0.263 e. The summed E-state index contributed by atoms with van der Waals surface area (Å²) in [6.45, 7) is 7.33. The summed E-state index contributed by atoms with van der Waals surface area (Å²) in [5.74, 6) is 0.533. The van der Waals surface area contributed by atoms with E-state index in [4.69, 9.17) is 9.72 Å². The van der Waals surface area contributed by atoms with Gasteiger partial charge in [0.2, 0.25) is 5.91 Å². The molecule has 3 unspecified atom stereocenters. The van der Waals surface area contributed by atoms with E-state index in [0.29, 0.717) is 17.6 Å². The van der Waals surface area contributed by atoms with Gasteiger partial charge in [-0.15, -0.1) is 11.3 Å². The highest BCUT2D eigenvalue weighted by Crippen LogP contribution is 2.37. The first-order valence-corrected chi connectivity index (χ1v) is 13.8. The van der Waals surface area contributed by atoms with Gasteiger partial charge in [0.05, 0.1) is 23.3 Å². The molecule has 1 aromatic carbocycles. The first kappa shape index (κ1) is 23.6. The van der Waals surface area contributed by atoms with E-state index < -0.39 is 5.25 Å². The molecule has 2 aromatic heterocycles. The molecule has 6 nitrogen and oxygen atoms in total. The second kappa shape index (κ2) is 9.84. The first-order chi connectivity index (χ1) is 16.4. The monoisotopic (exact) mass is 497 g/mol. The van der Waals surface area contributed by atoms with Gasteiger partial charge >= 0.3 is 0 Å². The lowest BCUT2D eigenvalue weighted by atomic mass is 9.89. The average Bonchev–Trinajstić information content (AvgIpc) is 3.45. The molecule has 3 heterocycles. The number of ether oxygens (including phenoxy) is 1. The largest absolute Gasteiger partial charge is 0.376 e. The lowest BCUT2D eigenvalue weighted by Gasteiger charge is -2.19. The third-order valence-electron chi connectivity index (χ3n) is 6.84. The summed E-state index contributed by atoms with van der Waals surface area (Å²) >= 11 is 3.01. The highest BCUT2D eigenvalue weighted by Gasteiger charge is 2.28. The fourth-order valence-corrected chi connectivity index (χ4v) is 7.15. The van der Waals surface area contributed by atoms with Crippen molar-refractivity contribution >= 4 is 44.9 Å². The molecule has 1 aliphatic heterocycles. The minimum absolute atomic E-state index is 0.0153. The predicted molar refractivity (Wildman–Crippen MR) is 139 cm³/mol. The molecule has 8 heteroatoms. The Kier molecular flexibility index (Phi) is 6.82. The lowest BCUT2D eigenvalue weighted by molar-refractivity contribution is -0.115. The molecule has 2 aliphatic rings. The highest BCUT2D eigenvalue weighted by molar-refractivity contribution is 8.00. The number of aryl methyl sites for hydroxylation is 2. The Hall–Kier alpha value is -2.16. The Bertz CT molecular complexity index is 1280. The number of rotatable bonds is 6. The van der Waals surface area contributed by atoms with Crippen LogP contribution in [0.15, 0.2) is 34.2 Å². The van der Waals surface area contributed by atoms with Crippen molar-refractivity contribution in [3.05, 3.63) is 50.6 Å². The van der Waals surface area contributed by atoms with Crippen LogP contribution in [0, 0.1) is 12.8 Å². The van der Waals surface area contributed by atoms with Gasteiger partial charge in [0.25, 0.3) is 5.56 Å². The average molecular weight is 498 g/mol. The second-order valence-corrected chi connectivity index (χ2v) is 11.9. The van der Waals surface area contributed by atoms with Gasteiger partial charge in [0.15, 0.2) is 5.16 Å². The molecule has 1 fully saturated rings. The summed E-state index contributed by atoms with van der Waals surface area (Å²) in [7, 11) is 0. The van der Waals surface area contributed by atoms with E-state index in [1.165, 1.54) is 22.2 Å². The van der Waals surface area contributed by atoms with Gasteiger partial charge in [0, 0.05) is 17.2 Å². The summed E-state index contributed by atoms with van der Waals surface area (Å²) in [6, 6.07) is 7.74. The number of nitrogens with one attached hydrogen (secondary N) is 1. The van der Waals surface area contributed by atoms with Gasteiger partial charge < -0.3 is 10.1 Å². The van der Waals surface area contributed by atoms with Gasteiger partial charge in [-0.2, -0.15) is 0 Å². The van der Waals surface area contributed by atoms with Crippen molar-refractivity contribution in [3.63, 3.8) is 0 Å². The molecule has 1 N–H and O–H groups in total. The van der Waals surface area contributed by atoms with Crippen LogP contribution in [-0.2, 0) is 28.9 Å². The first-order valence-electron chi connectivity index (χ1n) is 12.1. The maximum atomic E-state index is 13.8. The van der Waals surface area contributed by atoms with E-state index in [1.807, 2.05) is 38.1 Å². The Morgan fingerprint density at radius 3 is 2.94 bits per heavy atom. The number of anilines is 1. The number of para-hydroxylation sites is 1. The topological polar surface area (TPSA) is 73.2 Å². The van der Waals surface area contributed by atoms with Crippen LogP contribution in [0.5, 0.6) is 0 Å². The van der Waals surface area contributed by atoms with Crippen LogP contribution in [0.1, 0.15) is 49.1 Å². The zero-order valence-corrected chi connectivity index (χ0v) is 21.6. The van der Waals surface area contributed by atoms with Crippen molar-refractivity contribution in [1.29, 1.82) is 0 Å². The number of fused-ring (bicyclic) bond motifs is 3. The molecule has 0 spiro atoms. The molecule has 180 valence electrons. The summed E-state index contributed by atoms with van der Waals surface area (Å²) < 4.78 is 7.63. The lowest BCUT2D eigenvalue weighted by Crippen LogP contribution is -2.30. The van der Waals surface area contributed by atoms with E-state index in [0.717, 1.165) is 60.2 Å². The van der Waals surface area contributed by atoms with Crippen LogP contribution in [0.2, 0.25) is 0 Å². The Morgan fingerprint density at radius 1 is 1.35 bits per heavy atom. The van der Waals surface area contributed by atoms with Crippen LogP contribution in [0.25, 0.3) is 10.2 Å². The SMILES string of the molecule is Cc1ccccc1NC(=O)C(C)Sc1nc2sc3c(c2c(=O)n1CC1CCCO1)CCC(C)C3. The van der Waals surface area contributed by atoms with Crippen molar-refractivity contribution in [3.8, 4) is 0 Å². The van der Waals surface area contributed by atoms with Gasteiger partial charge in [-0.3, -0.25) is 14.2 Å². The minimum Gasteiger partial charge on any atom is -0.376 e. The summed E-state index contributed by atoms with van der Waals surface area (Å²) in [6.07, 6.45) is 5.03. The van der Waals surface area contributed by atoms with Crippen molar-refractivity contribution < 1.29 is 9.53 Å². The number of thiophene rings is 1. The molecule has 1 aliphatic carbocycles. The Labute approximate surface area is 208 Å². The second-order valence-electron chi connectivity index (χ2n) is 9.54. The van der Waals surface area contributed by atoms with E-state index in [-0.39, 0.29) is 17.6 Å². The molecule has 3 atom stereocenters. The zero-order chi connectivity index (χ0) is 23.8. The number of hydrogen-bond donors (Lipinski definition) is 1. The Morgan fingerprint density at radius 2 is 2.18 bits per heavy atom. The van der Waals surface area contributed by atoms with Crippen molar-refractivity contribution in [2.75, 3.05) is 11.9 Å². The molecule has 34 heavy (non-hydrogen) atoms. The highest BCUT2D eigenvalue weighted by atomic mass is 32.2. The van der Waals surface area contributed by atoms with Crippen LogP contribution in [0.4, 0.5) is 5.69 Å². The van der Waals surface area contributed by atoms with Crippen LogP contribution in [0.3, 0.4) is 0 Å². The maximum Gasteiger partial charge on any atom is 0.263 e. The van der Waals surface area contributed by atoms with Crippen LogP contribution in [-0.4, -0.2) is 33.4 Å². The number of aromatic nitrogens is 2. The molecule has 0 radical (unpaired) electrons. The van der Waals surface area contributed by atoms with Gasteiger partial charge in [0.1, 0.15) is 4.83 Å². The quantitative estimate of drug-likeness (QED) is 0.375. The normalized spacial score (nSPS) is 20.9. The summed E-state index contributed by atoms with van der Waals surface area (Å²) in [5, 5.41) is 4.00. The standard InChI is InChI=1S/C26H31N3O3S2/c1-15-10-11-19-21(13-15)34-24-22(19)25(31)29(14-18-8-6-12-32-18)26(28-24)33-17(3)23(30)27-20-9-5-4-7-16(20)2/h4-5,7,9,15,17-18H,6,8,10-14H2,1-3H3,(H,27,30). The van der Waals surface area contributed by atoms with E-state index in [2.05, 4.69) is 12.2 Å². The molecule has 5 rings (SSSR count). The van der Waals surface area contributed by atoms with E-state index >= 15 is 0 Å². The van der Waals surface area contributed by atoms with E-state index in [1.54, 1.807) is 15.9 Å². The third-order valence-corrected chi connectivity index (χ3v) is 9.08. The fraction of sp³-hybridized carbons (Fsp3) is 0.500. The Balaban J connectivity index is 1.49. The number of nitrogens with zero attached hydrogens (tertiary/aromatic N) is 2. The van der Waals surface area contributed by atoms with Crippen molar-refractivity contribution in [2.24, 2.45) is 5.92 Å².